The number of benzene rings is 2. The van der Waals surface area contributed by atoms with Gasteiger partial charge in [-0.2, -0.15) is 0 Å². The van der Waals surface area contributed by atoms with Gasteiger partial charge in [0.2, 0.25) is 5.91 Å². The molecule has 2 fully saturated rings. The number of amides is 2. The summed E-state index contributed by atoms with van der Waals surface area (Å²) >= 11 is 6.59. The van der Waals surface area contributed by atoms with Crippen molar-refractivity contribution in [2.24, 2.45) is 0 Å². The Kier molecular flexibility index (Phi) is 6.33. The summed E-state index contributed by atoms with van der Waals surface area (Å²) in [6.07, 6.45) is -0.0557. The van der Waals surface area contributed by atoms with E-state index in [9.17, 15) is 9.59 Å². The Labute approximate surface area is 200 Å². The Bertz CT molecular complexity index is 1040. The fraction of sp³-hybridized carbons (Fsp3) is 0.440. The molecule has 2 amide bonds. The molecule has 8 heteroatoms. The van der Waals surface area contributed by atoms with Crippen molar-refractivity contribution in [2.75, 3.05) is 6.61 Å². The Morgan fingerprint density at radius 3 is 2.36 bits per heavy atom. The maximum atomic E-state index is 13.3. The van der Waals surface area contributed by atoms with Crippen LogP contribution in [0.25, 0.3) is 0 Å². The molecule has 0 unspecified atom stereocenters. The fourth-order valence-electron chi connectivity index (χ4n) is 4.09. The lowest BCUT2D eigenvalue weighted by Crippen LogP contribution is -2.42. The van der Waals surface area contributed by atoms with E-state index in [1.807, 2.05) is 70.2 Å². The Morgan fingerprint density at radius 1 is 1.12 bits per heavy atom. The third-order valence-corrected chi connectivity index (χ3v) is 7.24. The van der Waals surface area contributed by atoms with E-state index in [-0.39, 0.29) is 18.6 Å². The second-order valence-electron chi connectivity index (χ2n) is 9.72. The van der Waals surface area contributed by atoms with Crippen LogP contribution in [0.5, 0.6) is 0 Å². The van der Waals surface area contributed by atoms with Gasteiger partial charge in [-0.15, -0.1) is 0 Å². The van der Waals surface area contributed by atoms with Gasteiger partial charge in [0.15, 0.2) is 0 Å². The van der Waals surface area contributed by atoms with Crippen molar-refractivity contribution in [3.63, 3.8) is 0 Å². The molecule has 33 heavy (non-hydrogen) atoms. The largest absolute Gasteiger partial charge is 0.496 e. The second kappa shape index (κ2) is 8.78. The lowest BCUT2D eigenvalue weighted by atomic mass is 9.78. The van der Waals surface area contributed by atoms with Crippen LogP contribution in [0.15, 0.2) is 48.5 Å². The summed E-state index contributed by atoms with van der Waals surface area (Å²) in [4.78, 5) is 26.9. The van der Waals surface area contributed by atoms with Crippen molar-refractivity contribution >= 4 is 36.2 Å². The maximum absolute atomic E-state index is 13.3. The van der Waals surface area contributed by atoms with Crippen LogP contribution < -0.4 is 5.46 Å². The van der Waals surface area contributed by atoms with Crippen LogP contribution in [-0.2, 0) is 25.3 Å². The van der Waals surface area contributed by atoms with Gasteiger partial charge in [0.05, 0.1) is 23.2 Å². The van der Waals surface area contributed by atoms with Crippen LogP contribution in [0.2, 0.25) is 5.02 Å². The van der Waals surface area contributed by atoms with Crippen molar-refractivity contribution in [3.05, 3.63) is 64.7 Å². The highest BCUT2D eigenvalue weighted by Crippen LogP contribution is 2.37. The molecule has 0 spiro atoms. The Hall–Kier alpha value is -2.35. The SMILES string of the molecule is C[C@H](C(=O)N1C(=O)OC[C@@H]1Cc1ccccc1)c1ccc(B2OC(C)(C)C(C)(C)O2)c(Cl)c1. The van der Waals surface area contributed by atoms with E-state index in [2.05, 4.69) is 0 Å². The van der Waals surface area contributed by atoms with Gasteiger partial charge in [-0.3, -0.25) is 4.79 Å². The third kappa shape index (κ3) is 4.54. The topological polar surface area (TPSA) is 65.1 Å². The lowest BCUT2D eigenvalue weighted by Gasteiger charge is -2.32. The standard InChI is InChI=1S/C25H29BClNO5/c1-16(22(29)28-19(15-31-23(28)30)13-17-9-7-6-8-10-17)18-11-12-20(21(27)14-18)26-32-24(2,3)25(4,5)33-26/h6-12,14,16,19H,13,15H2,1-5H3/t16-,19-/m0/s1. The Balaban J connectivity index is 1.51. The molecule has 2 atom stereocenters. The molecular weight excluding hydrogens is 441 g/mol. The number of hydrogen-bond donors (Lipinski definition) is 0. The van der Waals surface area contributed by atoms with E-state index >= 15 is 0 Å². The smallest absolute Gasteiger partial charge is 0.447 e. The number of imide groups is 1. The highest BCUT2D eigenvalue weighted by Gasteiger charge is 2.52. The number of ether oxygens (including phenoxy) is 1. The number of halogens is 1. The van der Waals surface area contributed by atoms with E-state index < -0.39 is 30.3 Å². The van der Waals surface area contributed by atoms with Gasteiger partial charge in [0.1, 0.15) is 6.61 Å². The van der Waals surface area contributed by atoms with E-state index in [4.69, 9.17) is 25.6 Å². The first kappa shape index (κ1) is 23.8. The minimum absolute atomic E-state index is 0.188. The molecule has 2 aliphatic rings. The van der Waals surface area contributed by atoms with Crippen molar-refractivity contribution in [3.8, 4) is 0 Å². The molecule has 6 nitrogen and oxygen atoms in total. The highest BCUT2D eigenvalue weighted by molar-refractivity contribution is 6.65. The minimum Gasteiger partial charge on any atom is -0.447 e. The number of cyclic esters (lactones) is 1. The summed E-state index contributed by atoms with van der Waals surface area (Å²) in [5, 5.41) is 0.454. The normalized spacial score (nSPS) is 22.4. The zero-order chi connectivity index (χ0) is 24.0. The molecule has 2 aromatic rings. The summed E-state index contributed by atoms with van der Waals surface area (Å²) in [7, 11) is -0.591. The number of nitrogens with zero attached hydrogens (tertiary/aromatic N) is 1. The van der Waals surface area contributed by atoms with Crippen LogP contribution in [0.1, 0.15) is 51.7 Å². The first-order chi connectivity index (χ1) is 15.5. The monoisotopic (exact) mass is 469 g/mol. The zero-order valence-electron chi connectivity index (χ0n) is 19.6. The maximum Gasteiger partial charge on any atom is 0.496 e. The van der Waals surface area contributed by atoms with Crippen molar-refractivity contribution in [2.45, 2.75) is 64.2 Å². The fourth-order valence-corrected chi connectivity index (χ4v) is 4.37. The first-order valence-corrected chi connectivity index (χ1v) is 11.6. The van der Waals surface area contributed by atoms with E-state index in [0.717, 1.165) is 5.56 Å². The lowest BCUT2D eigenvalue weighted by molar-refractivity contribution is -0.130. The first-order valence-electron chi connectivity index (χ1n) is 11.2. The second-order valence-corrected chi connectivity index (χ2v) is 10.1. The van der Waals surface area contributed by atoms with Crippen molar-refractivity contribution < 1.29 is 23.6 Å². The third-order valence-electron chi connectivity index (χ3n) is 6.91. The molecule has 2 heterocycles. The van der Waals surface area contributed by atoms with Crippen LogP contribution in [0.3, 0.4) is 0 Å². The van der Waals surface area contributed by atoms with E-state index in [0.29, 0.717) is 22.5 Å². The highest BCUT2D eigenvalue weighted by atomic mass is 35.5. The minimum atomic E-state index is -0.604. The van der Waals surface area contributed by atoms with Gasteiger partial charge in [-0.05, 0) is 58.2 Å². The summed E-state index contributed by atoms with van der Waals surface area (Å²) in [6.45, 7) is 9.89. The van der Waals surface area contributed by atoms with Crippen molar-refractivity contribution in [1.82, 2.24) is 4.90 Å². The quantitative estimate of drug-likeness (QED) is 0.610. The molecule has 0 aromatic heterocycles. The molecule has 0 bridgehead atoms. The van der Waals surface area contributed by atoms with Crippen LogP contribution in [0.4, 0.5) is 4.79 Å². The van der Waals surface area contributed by atoms with Gasteiger partial charge >= 0.3 is 13.2 Å². The van der Waals surface area contributed by atoms with Crippen LogP contribution in [0, 0.1) is 0 Å². The molecular formula is C25H29BClNO5. The molecule has 0 saturated carbocycles. The molecule has 2 saturated heterocycles. The molecule has 0 aliphatic carbocycles. The predicted octanol–water partition coefficient (Wildman–Crippen LogP) is 4.33. The van der Waals surface area contributed by atoms with E-state index in [1.165, 1.54) is 4.90 Å². The van der Waals surface area contributed by atoms with Crippen molar-refractivity contribution in [1.29, 1.82) is 0 Å². The van der Waals surface area contributed by atoms with Gasteiger partial charge in [0.25, 0.3) is 0 Å². The van der Waals surface area contributed by atoms with Crippen LogP contribution in [-0.4, -0.2) is 47.9 Å². The van der Waals surface area contributed by atoms with Gasteiger partial charge < -0.3 is 14.0 Å². The summed E-state index contributed by atoms with van der Waals surface area (Å²) in [5.74, 6) is -0.878. The molecule has 4 rings (SSSR count). The molecule has 2 aromatic carbocycles. The summed E-state index contributed by atoms with van der Waals surface area (Å²) < 4.78 is 17.4. The number of rotatable bonds is 5. The van der Waals surface area contributed by atoms with Gasteiger partial charge in [-0.1, -0.05) is 54.1 Å². The number of hydrogen-bond acceptors (Lipinski definition) is 5. The predicted molar refractivity (Wildman–Crippen MR) is 128 cm³/mol. The average Bonchev–Trinajstić information content (AvgIpc) is 3.22. The van der Waals surface area contributed by atoms with E-state index in [1.54, 1.807) is 13.0 Å². The molecule has 0 radical (unpaired) electrons. The summed E-state index contributed by atoms with van der Waals surface area (Å²) in [5.41, 5.74) is 1.50. The molecule has 0 N–H and O–H groups in total. The average molecular weight is 470 g/mol. The Morgan fingerprint density at radius 2 is 1.76 bits per heavy atom. The number of carbonyl (C=O) groups excluding carboxylic acids is 2. The molecule has 174 valence electrons. The van der Waals surface area contributed by atoms with Crippen LogP contribution >= 0.6 is 11.6 Å². The zero-order valence-corrected chi connectivity index (χ0v) is 20.4. The summed E-state index contributed by atoms with van der Waals surface area (Å²) in [6, 6.07) is 14.8. The molecule has 2 aliphatic heterocycles. The van der Waals surface area contributed by atoms with Gasteiger partial charge in [-0.25, -0.2) is 9.69 Å². The number of carbonyl (C=O) groups is 2. The van der Waals surface area contributed by atoms with Gasteiger partial charge in [0, 0.05) is 10.5 Å².